The van der Waals surface area contributed by atoms with Crippen LogP contribution in [0.25, 0.3) is 0 Å². The molecule has 96 valence electrons. The Balaban J connectivity index is 1.46. The fraction of sp³-hybridized carbons (Fsp3) is 0.625. The summed E-state index contributed by atoms with van der Waals surface area (Å²) in [4.78, 5) is 0. The molecule has 4 rings (SSSR count). The van der Waals surface area contributed by atoms with Crippen LogP contribution in [0.3, 0.4) is 0 Å². The van der Waals surface area contributed by atoms with Gasteiger partial charge < -0.3 is 10.4 Å². The Labute approximate surface area is 108 Å². The lowest BCUT2D eigenvalue weighted by molar-refractivity contribution is 0.417. The van der Waals surface area contributed by atoms with Crippen molar-refractivity contribution < 1.29 is 5.11 Å². The molecule has 3 aliphatic rings. The molecule has 0 radical (unpaired) electrons. The number of hydrogen-bond donors (Lipinski definition) is 2. The maximum absolute atomic E-state index is 9.89. The minimum Gasteiger partial charge on any atom is -0.508 e. The van der Waals surface area contributed by atoms with Crippen molar-refractivity contribution in [2.45, 2.75) is 38.3 Å². The van der Waals surface area contributed by atoms with Gasteiger partial charge in [-0.1, -0.05) is 18.2 Å². The average Bonchev–Trinajstić information content (AvgIpc) is 2.77. The van der Waals surface area contributed by atoms with E-state index < -0.39 is 0 Å². The van der Waals surface area contributed by atoms with E-state index in [0.717, 1.165) is 35.3 Å². The summed E-state index contributed by atoms with van der Waals surface area (Å²) in [6.45, 7) is 2.17. The second kappa shape index (κ2) is 3.74. The Bertz CT molecular complexity index is 456. The third kappa shape index (κ3) is 1.45. The third-order valence-corrected chi connectivity index (χ3v) is 5.58. The lowest BCUT2D eigenvalue weighted by atomic mass is 10.0. The minimum absolute atomic E-state index is 0.265. The maximum Gasteiger partial charge on any atom is 0.120 e. The van der Waals surface area contributed by atoms with Gasteiger partial charge in [-0.25, -0.2) is 0 Å². The molecular weight excluding hydrogens is 222 g/mol. The van der Waals surface area contributed by atoms with Crippen LogP contribution in [0.5, 0.6) is 5.75 Å². The highest BCUT2D eigenvalue weighted by Crippen LogP contribution is 2.65. The van der Waals surface area contributed by atoms with Gasteiger partial charge in [0.25, 0.3) is 0 Å². The molecule has 0 aliphatic heterocycles. The van der Waals surface area contributed by atoms with Crippen LogP contribution < -0.4 is 5.32 Å². The molecule has 3 fully saturated rings. The van der Waals surface area contributed by atoms with Crippen molar-refractivity contribution in [2.75, 3.05) is 0 Å². The van der Waals surface area contributed by atoms with Gasteiger partial charge in [0.05, 0.1) is 0 Å². The zero-order valence-corrected chi connectivity index (χ0v) is 10.8. The number of fused-ring (bicyclic) bond motifs is 5. The van der Waals surface area contributed by atoms with E-state index in [1.165, 1.54) is 19.3 Å². The van der Waals surface area contributed by atoms with Crippen LogP contribution in [0, 0.1) is 23.7 Å². The first-order valence-electron chi connectivity index (χ1n) is 7.29. The first kappa shape index (κ1) is 10.9. The van der Waals surface area contributed by atoms with Crippen LogP contribution in [-0.4, -0.2) is 11.1 Å². The number of nitrogens with one attached hydrogen (secondary N) is 1. The summed E-state index contributed by atoms with van der Waals surface area (Å²) >= 11 is 0. The quantitative estimate of drug-likeness (QED) is 0.855. The number of phenols is 1. The summed E-state index contributed by atoms with van der Waals surface area (Å²) in [5.41, 5.74) is 1.04. The molecular formula is C16H21NO. The lowest BCUT2D eigenvalue weighted by Gasteiger charge is -2.18. The summed E-state index contributed by atoms with van der Waals surface area (Å²) < 4.78 is 0. The average molecular weight is 243 g/mol. The molecule has 1 aromatic rings. The molecule has 18 heavy (non-hydrogen) atoms. The van der Waals surface area contributed by atoms with Crippen LogP contribution in [0.1, 0.15) is 37.8 Å². The standard InChI is InChI=1S/C16H21NO/c1-9(12-4-2-3-5-13(12)18)17-16-14-10-6-7-11(8-10)15(14)16/h2-5,9-11,14-18H,6-8H2,1H3. The fourth-order valence-electron chi connectivity index (χ4n) is 4.78. The monoisotopic (exact) mass is 243 g/mol. The molecule has 1 aromatic carbocycles. The molecule has 0 aromatic heterocycles. The highest BCUT2D eigenvalue weighted by atomic mass is 16.3. The SMILES string of the molecule is CC(NC1C2C3CCC(C3)C12)c1ccccc1O. The van der Waals surface area contributed by atoms with Gasteiger partial charge in [0.15, 0.2) is 0 Å². The molecule has 0 saturated heterocycles. The van der Waals surface area contributed by atoms with E-state index in [-0.39, 0.29) is 6.04 Å². The number of phenolic OH excluding ortho intramolecular Hbond substituents is 1. The normalized spacial score (nSPS) is 41.7. The van der Waals surface area contributed by atoms with Crippen molar-refractivity contribution in [2.24, 2.45) is 23.7 Å². The second-order valence-electron chi connectivity index (χ2n) is 6.46. The molecule has 5 atom stereocenters. The Kier molecular flexibility index (Phi) is 2.25. The Hall–Kier alpha value is -1.02. The Morgan fingerprint density at radius 2 is 1.83 bits per heavy atom. The van der Waals surface area contributed by atoms with E-state index in [1.807, 2.05) is 18.2 Å². The summed E-state index contributed by atoms with van der Waals surface area (Å²) in [7, 11) is 0. The highest BCUT2D eigenvalue weighted by molar-refractivity contribution is 5.34. The van der Waals surface area contributed by atoms with E-state index in [0.29, 0.717) is 5.75 Å². The Morgan fingerprint density at radius 1 is 1.17 bits per heavy atom. The largest absolute Gasteiger partial charge is 0.508 e. The molecule has 0 heterocycles. The number of aromatic hydroxyl groups is 1. The number of para-hydroxylation sites is 1. The highest BCUT2D eigenvalue weighted by Gasteiger charge is 2.64. The predicted octanol–water partition coefficient (Wildman–Crippen LogP) is 3.09. The molecule has 0 spiro atoms. The number of rotatable bonds is 3. The first-order chi connectivity index (χ1) is 8.75. The van der Waals surface area contributed by atoms with Gasteiger partial charge in [0, 0.05) is 17.6 Å². The van der Waals surface area contributed by atoms with E-state index in [9.17, 15) is 5.11 Å². The van der Waals surface area contributed by atoms with Crippen LogP contribution in [0.2, 0.25) is 0 Å². The lowest BCUT2D eigenvalue weighted by Crippen LogP contribution is -2.26. The van der Waals surface area contributed by atoms with Crippen LogP contribution >= 0.6 is 0 Å². The number of benzene rings is 1. The maximum atomic E-state index is 9.89. The fourth-order valence-corrected chi connectivity index (χ4v) is 4.78. The summed E-state index contributed by atoms with van der Waals surface area (Å²) in [6.07, 6.45) is 4.43. The van der Waals surface area contributed by atoms with Crippen molar-refractivity contribution in [1.82, 2.24) is 5.32 Å². The van der Waals surface area contributed by atoms with Crippen molar-refractivity contribution in [3.8, 4) is 5.75 Å². The molecule has 0 amide bonds. The molecule has 2 N–H and O–H groups in total. The Morgan fingerprint density at radius 3 is 2.50 bits per heavy atom. The van der Waals surface area contributed by atoms with Gasteiger partial charge in [-0.15, -0.1) is 0 Å². The third-order valence-electron chi connectivity index (χ3n) is 5.58. The zero-order valence-electron chi connectivity index (χ0n) is 10.8. The van der Waals surface area contributed by atoms with Crippen molar-refractivity contribution in [1.29, 1.82) is 0 Å². The number of hydrogen-bond acceptors (Lipinski definition) is 2. The van der Waals surface area contributed by atoms with Gasteiger partial charge in [-0.3, -0.25) is 0 Å². The van der Waals surface area contributed by atoms with Crippen molar-refractivity contribution >= 4 is 0 Å². The summed E-state index contributed by atoms with van der Waals surface area (Å²) in [5, 5.41) is 13.6. The van der Waals surface area contributed by atoms with Gasteiger partial charge >= 0.3 is 0 Å². The molecule has 3 aliphatic carbocycles. The van der Waals surface area contributed by atoms with E-state index in [4.69, 9.17) is 0 Å². The smallest absolute Gasteiger partial charge is 0.120 e. The van der Waals surface area contributed by atoms with Gasteiger partial charge in [0.1, 0.15) is 5.75 Å². The molecule has 3 saturated carbocycles. The van der Waals surface area contributed by atoms with Gasteiger partial charge in [-0.05, 0) is 55.9 Å². The van der Waals surface area contributed by atoms with E-state index >= 15 is 0 Å². The van der Waals surface area contributed by atoms with Gasteiger partial charge in [-0.2, -0.15) is 0 Å². The molecule has 2 bridgehead atoms. The van der Waals surface area contributed by atoms with Crippen LogP contribution in [0.15, 0.2) is 24.3 Å². The minimum atomic E-state index is 0.265. The molecule has 5 unspecified atom stereocenters. The van der Waals surface area contributed by atoms with Crippen molar-refractivity contribution in [3.63, 3.8) is 0 Å². The van der Waals surface area contributed by atoms with Crippen LogP contribution in [0.4, 0.5) is 0 Å². The van der Waals surface area contributed by atoms with Crippen molar-refractivity contribution in [3.05, 3.63) is 29.8 Å². The summed E-state index contributed by atoms with van der Waals surface area (Å²) in [6, 6.07) is 8.69. The summed E-state index contributed by atoms with van der Waals surface area (Å²) in [5.74, 6) is 4.35. The zero-order chi connectivity index (χ0) is 12.3. The van der Waals surface area contributed by atoms with E-state index in [2.05, 4.69) is 12.2 Å². The predicted molar refractivity (Wildman–Crippen MR) is 71.3 cm³/mol. The molecule has 2 nitrogen and oxygen atoms in total. The second-order valence-corrected chi connectivity index (χ2v) is 6.46. The van der Waals surface area contributed by atoms with Crippen LogP contribution in [-0.2, 0) is 0 Å². The topological polar surface area (TPSA) is 32.3 Å². The first-order valence-corrected chi connectivity index (χ1v) is 7.29. The van der Waals surface area contributed by atoms with Gasteiger partial charge in [0.2, 0.25) is 0 Å². The molecule has 2 heteroatoms. The van der Waals surface area contributed by atoms with E-state index in [1.54, 1.807) is 6.07 Å².